The molecule has 0 aliphatic heterocycles. The molecular weight excluding hydrogens is 178 g/mol. The Balaban J connectivity index is 2.25. The maximum Gasteiger partial charge on any atom is 0.115 e. The van der Waals surface area contributed by atoms with Crippen LogP contribution in [0.4, 0.5) is 0 Å². The van der Waals surface area contributed by atoms with Gasteiger partial charge in [-0.2, -0.15) is 5.26 Å². The standard InChI is InChI=1S/C11H13NO2/c1-13-10-3-4-11(14-2)8(6-10)5-9(11)7-12/h3-4,6,8-9H,5H2,1-2H3/t8-,9-,11-/m0/s1. The van der Waals surface area contributed by atoms with Crippen LogP contribution in [-0.4, -0.2) is 19.8 Å². The molecule has 0 bridgehead atoms. The number of nitrogens with zero attached hydrogens (tertiary/aromatic N) is 1. The number of fused-ring (bicyclic) bond motifs is 1. The van der Waals surface area contributed by atoms with Gasteiger partial charge in [0.2, 0.25) is 0 Å². The van der Waals surface area contributed by atoms with Crippen molar-refractivity contribution in [2.75, 3.05) is 14.2 Å². The van der Waals surface area contributed by atoms with Crippen molar-refractivity contribution in [1.29, 1.82) is 5.26 Å². The van der Waals surface area contributed by atoms with E-state index in [1.165, 1.54) is 0 Å². The summed E-state index contributed by atoms with van der Waals surface area (Å²) < 4.78 is 10.6. The highest BCUT2D eigenvalue weighted by molar-refractivity contribution is 5.35. The molecule has 3 heteroatoms. The van der Waals surface area contributed by atoms with E-state index in [4.69, 9.17) is 14.7 Å². The minimum Gasteiger partial charge on any atom is -0.497 e. The van der Waals surface area contributed by atoms with Gasteiger partial charge in [-0.25, -0.2) is 0 Å². The van der Waals surface area contributed by atoms with Crippen molar-refractivity contribution in [1.82, 2.24) is 0 Å². The van der Waals surface area contributed by atoms with E-state index in [-0.39, 0.29) is 11.8 Å². The fourth-order valence-electron chi connectivity index (χ4n) is 2.28. The second-order valence-electron chi connectivity index (χ2n) is 3.69. The Hall–Kier alpha value is -1.27. The van der Waals surface area contributed by atoms with E-state index in [0.29, 0.717) is 0 Å². The zero-order chi connectivity index (χ0) is 10.2. The molecule has 0 aromatic carbocycles. The Kier molecular flexibility index (Phi) is 2.09. The van der Waals surface area contributed by atoms with Crippen LogP contribution >= 0.6 is 0 Å². The molecule has 0 radical (unpaired) electrons. The number of hydrogen-bond acceptors (Lipinski definition) is 3. The van der Waals surface area contributed by atoms with Crippen LogP contribution in [0.5, 0.6) is 0 Å². The molecule has 0 aromatic heterocycles. The number of rotatable bonds is 2. The van der Waals surface area contributed by atoms with Gasteiger partial charge in [-0.15, -0.1) is 0 Å². The third kappa shape index (κ3) is 1.01. The molecule has 3 nitrogen and oxygen atoms in total. The molecule has 3 atom stereocenters. The van der Waals surface area contributed by atoms with E-state index < -0.39 is 5.60 Å². The summed E-state index contributed by atoms with van der Waals surface area (Å²) in [5.74, 6) is 1.12. The molecule has 0 aromatic rings. The van der Waals surface area contributed by atoms with Crippen molar-refractivity contribution in [3.05, 3.63) is 24.0 Å². The minimum atomic E-state index is -0.392. The van der Waals surface area contributed by atoms with Gasteiger partial charge >= 0.3 is 0 Å². The second kappa shape index (κ2) is 3.14. The third-order valence-electron chi connectivity index (χ3n) is 3.23. The lowest BCUT2D eigenvalue weighted by Gasteiger charge is -2.50. The second-order valence-corrected chi connectivity index (χ2v) is 3.69. The highest BCUT2D eigenvalue weighted by Crippen LogP contribution is 2.50. The topological polar surface area (TPSA) is 42.2 Å². The summed E-state index contributed by atoms with van der Waals surface area (Å²) in [4.78, 5) is 0. The highest BCUT2D eigenvalue weighted by atomic mass is 16.5. The van der Waals surface area contributed by atoms with Gasteiger partial charge in [-0.1, -0.05) is 0 Å². The summed E-state index contributed by atoms with van der Waals surface area (Å²) in [6.07, 6.45) is 6.73. The molecule has 14 heavy (non-hydrogen) atoms. The fraction of sp³-hybridized carbons (Fsp3) is 0.545. The number of allylic oxidation sites excluding steroid dienone is 1. The van der Waals surface area contributed by atoms with E-state index in [9.17, 15) is 0 Å². The van der Waals surface area contributed by atoms with Gasteiger partial charge in [0.25, 0.3) is 0 Å². The molecule has 1 fully saturated rings. The summed E-state index contributed by atoms with van der Waals surface area (Å²) in [5.41, 5.74) is -0.392. The molecule has 0 spiro atoms. The Bertz CT molecular complexity index is 340. The van der Waals surface area contributed by atoms with Crippen molar-refractivity contribution in [2.24, 2.45) is 11.8 Å². The van der Waals surface area contributed by atoms with Gasteiger partial charge in [0.15, 0.2) is 0 Å². The maximum atomic E-state index is 8.93. The molecule has 1 saturated carbocycles. The van der Waals surface area contributed by atoms with Crippen molar-refractivity contribution in [3.8, 4) is 6.07 Å². The molecule has 2 aliphatic rings. The van der Waals surface area contributed by atoms with Crippen LogP contribution in [-0.2, 0) is 9.47 Å². The van der Waals surface area contributed by atoms with Crippen LogP contribution in [0.2, 0.25) is 0 Å². The molecule has 0 amide bonds. The minimum absolute atomic E-state index is 0.0246. The Morgan fingerprint density at radius 1 is 1.57 bits per heavy atom. The Morgan fingerprint density at radius 2 is 2.36 bits per heavy atom. The third-order valence-corrected chi connectivity index (χ3v) is 3.23. The van der Waals surface area contributed by atoms with E-state index in [1.54, 1.807) is 14.2 Å². The number of ether oxygens (including phenoxy) is 2. The van der Waals surface area contributed by atoms with E-state index >= 15 is 0 Å². The predicted octanol–water partition coefficient (Wildman–Crippen LogP) is 1.63. The molecule has 2 aliphatic carbocycles. The normalized spacial score (nSPS) is 39.1. The van der Waals surface area contributed by atoms with Crippen LogP contribution in [0, 0.1) is 23.2 Å². The average Bonchev–Trinajstić information content (AvgIpc) is 2.20. The number of hydrogen-bond donors (Lipinski definition) is 0. The SMILES string of the molecule is COC1=C[C@@H]2C[C@@H](C#N)[C@]2(OC)C=C1. The van der Waals surface area contributed by atoms with Crippen molar-refractivity contribution < 1.29 is 9.47 Å². The van der Waals surface area contributed by atoms with E-state index in [1.807, 2.05) is 18.2 Å². The summed E-state index contributed by atoms with van der Waals surface area (Å²) in [6, 6.07) is 2.28. The summed E-state index contributed by atoms with van der Waals surface area (Å²) in [7, 11) is 3.31. The molecule has 0 heterocycles. The summed E-state index contributed by atoms with van der Waals surface area (Å²) >= 11 is 0. The molecule has 0 saturated heterocycles. The summed E-state index contributed by atoms with van der Waals surface area (Å²) in [6.45, 7) is 0. The van der Waals surface area contributed by atoms with Gasteiger partial charge in [-0.3, -0.25) is 0 Å². The van der Waals surface area contributed by atoms with E-state index in [0.717, 1.165) is 12.2 Å². The maximum absolute atomic E-state index is 8.93. The van der Waals surface area contributed by atoms with Gasteiger partial charge in [-0.05, 0) is 24.6 Å². The lowest BCUT2D eigenvalue weighted by atomic mass is 9.59. The fourth-order valence-corrected chi connectivity index (χ4v) is 2.28. The van der Waals surface area contributed by atoms with Gasteiger partial charge in [0.1, 0.15) is 11.4 Å². The zero-order valence-corrected chi connectivity index (χ0v) is 8.36. The van der Waals surface area contributed by atoms with Crippen LogP contribution in [0.25, 0.3) is 0 Å². The molecular formula is C11H13NO2. The summed E-state index contributed by atoms with van der Waals surface area (Å²) in [5, 5.41) is 8.93. The zero-order valence-electron chi connectivity index (χ0n) is 8.36. The first-order valence-corrected chi connectivity index (χ1v) is 4.66. The van der Waals surface area contributed by atoms with Gasteiger partial charge < -0.3 is 9.47 Å². The Morgan fingerprint density at radius 3 is 2.86 bits per heavy atom. The predicted molar refractivity (Wildman–Crippen MR) is 51.2 cm³/mol. The van der Waals surface area contributed by atoms with Crippen molar-refractivity contribution >= 4 is 0 Å². The lowest BCUT2D eigenvalue weighted by Crippen LogP contribution is -2.55. The van der Waals surface area contributed by atoms with Crippen LogP contribution in [0.3, 0.4) is 0 Å². The molecule has 0 N–H and O–H groups in total. The van der Waals surface area contributed by atoms with Crippen molar-refractivity contribution in [2.45, 2.75) is 12.0 Å². The number of methoxy groups -OCH3 is 2. The van der Waals surface area contributed by atoms with Crippen LogP contribution < -0.4 is 0 Å². The largest absolute Gasteiger partial charge is 0.497 e. The number of nitriles is 1. The smallest absolute Gasteiger partial charge is 0.115 e. The van der Waals surface area contributed by atoms with Crippen LogP contribution in [0.1, 0.15) is 6.42 Å². The van der Waals surface area contributed by atoms with Crippen molar-refractivity contribution in [3.63, 3.8) is 0 Å². The van der Waals surface area contributed by atoms with E-state index in [2.05, 4.69) is 6.07 Å². The van der Waals surface area contributed by atoms with Crippen LogP contribution in [0.15, 0.2) is 24.0 Å². The first kappa shape index (κ1) is 9.29. The molecule has 0 unspecified atom stereocenters. The monoisotopic (exact) mass is 191 g/mol. The average molecular weight is 191 g/mol. The van der Waals surface area contributed by atoms with Gasteiger partial charge in [0.05, 0.1) is 19.1 Å². The lowest BCUT2D eigenvalue weighted by molar-refractivity contribution is -0.101. The first-order chi connectivity index (χ1) is 6.76. The van der Waals surface area contributed by atoms with Gasteiger partial charge in [0, 0.05) is 13.0 Å². The molecule has 2 rings (SSSR count). The first-order valence-electron chi connectivity index (χ1n) is 4.66. The molecule has 74 valence electrons. The Labute approximate surface area is 83.6 Å². The highest BCUT2D eigenvalue weighted by Gasteiger charge is 2.54. The quantitative estimate of drug-likeness (QED) is 0.666.